The van der Waals surface area contributed by atoms with Gasteiger partial charge < -0.3 is 9.47 Å². The van der Waals surface area contributed by atoms with Crippen LogP contribution >= 0.6 is 15.8 Å². The van der Waals surface area contributed by atoms with Gasteiger partial charge in [0.2, 0.25) is 0 Å². The van der Waals surface area contributed by atoms with Gasteiger partial charge in [0, 0.05) is 0 Å². The Morgan fingerprint density at radius 1 is 0.630 bits per heavy atom. The summed E-state index contributed by atoms with van der Waals surface area (Å²) in [5.41, 5.74) is 1.80. The van der Waals surface area contributed by atoms with E-state index < -0.39 is 15.8 Å². The van der Waals surface area contributed by atoms with Crippen molar-refractivity contribution in [3.05, 3.63) is 139 Å². The van der Waals surface area contributed by atoms with Crippen molar-refractivity contribution in [1.29, 1.82) is 0 Å². The number of rotatable bonds is 14. The highest BCUT2D eigenvalue weighted by Crippen LogP contribution is 2.41. The Labute approximate surface area is 279 Å². The summed E-state index contributed by atoms with van der Waals surface area (Å²) < 4.78 is 11.7. The fourth-order valence-corrected chi connectivity index (χ4v) is 12.0. The number of ether oxygens (including phenoxy) is 2. The Morgan fingerprint density at radius 2 is 1.13 bits per heavy atom. The van der Waals surface area contributed by atoms with Gasteiger partial charge in [-0.2, -0.15) is 11.6 Å². The van der Waals surface area contributed by atoms with Crippen LogP contribution in [0, 0.1) is 5.41 Å². The number of aryl methyl sites for hydroxylation is 1. The third-order valence-electron chi connectivity index (χ3n) is 9.01. The van der Waals surface area contributed by atoms with Gasteiger partial charge in [0.15, 0.2) is 6.29 Å². The van der Waals surface area contributed by atoms with E-state index in [0.29, 0.717) is 0 Å². The van der Waals surface area contributed by atoms with Gasteiger partial charge in [-0.25, -0.2) is 6.07 Å². The van der Waals surface area contributed by atoms with Crippen LogP contribution in [0.1, 0.15) is 57.9 Å². The Morgan fingerprint density at radius 3 is 1.65 bits per heavy atom. The molecule has 0 bridgehead atoms. The van der Waals surface area contributed by atoms with Gasteiger partial charge in [0.1, 0.15) is 0 Å². The molecule has 0 aromatic heterocycles. The smallest absolute Gasteiger partial charge is 0.157 e. The highest BCUT2D eigenvalue weighted by molar-refractivity contribution is 7.85. The summed E-state index contributed by atoms with van der Waals surface area (Å²) in [6, 6.07) is 49.8. The molecule has 1 heterocycles. The molecule has 1 aliphatic rings. The zero-order valence-corrected chi connectivity index (χ0v) is 29.1. The minimum absolute atomic E-state index is 0.0161. The highest BCUT2D eigenvalue weighted by atomic mass is 31.1. The average Bonchev–Trinajstić information content (AvgIpc) is 3.51. The predicted molar refractivity (Wildman–Crippen MR) is 200 cm³/mol. The monoisotopic (exact) mass is 645 g/mol. The topological polar surface area (TPSA) is 18.5 Å². The molecule has 0 radical (unpaired) electrons. The van der Waals surface area contributed by atoms with Crippen LogP contribution in [0.2, 0.25) is 0 Å². The lowest BCUT2D eigenvalue weighted by Gasteiger charge is -2.32. The molecular weight excluding hydrogens is 598 g/mol. The SMILES string of the molecule is CC(C)(CCCCc1cc[c-](P(c2ccccc2)c2ccccc2)c1P(c1ccccc1)c1ccccc1)CCC1OCCCO1. The lowest BCUT2D eigenvalue weighted by Crippen LogP contribution is -2.34. The molecule has 1 saturated heterocycles. The van der Waals surface area contributed by atoms with Crippen LogP contribution in [0.25, 0.3) is 0 Å². The van der Waals surface area contributed by atoms with E-state index >= 15 is 0 Å². The van der Waals surface area contributed by atoms with Crippen molar-refractivity contribution < 1.29 is 9.47 Å². The zero-order chi connectivity index (χ0) is 31.6. The van der Waals surface area contributed by atoms with Gasteiger partial charge in [-0.1, -0.05) is 162 Å². The number of hydrogen-bond acceptors (Lipinski definition) is 2. The first kappa shape index (κ1) is 32.9. The summed E-state index contributed by atoms with van der Waals surface area (Å²) in [6.07, 6.45) is 7.86. The molecule has 0 spiro atoms. The third-order valence-corrected chi connectivity index (χ3v) is 14.3. The summed E-state index contributed by atoms with van der Waals surface area (Å²) in [6.45, 7) is 6.50. The standard InChI is InChI=1S/C42H47O2P2/c1-42(2,31-29-40-43-32-17-33-44-40)30-16-15-18-34-27-28-39(45(35-19-7-3-8-20-35)36-21-9-4-10-22-36)41(34)46(37-23-11-5-12-24-37)38-25-13-6-14-26-38/h3-14,19-28,40H,15-18,29-33H2,1-2H3/q-1. The minimum atomic E-state index is -0.732. The maximum Gasteiger partial charge on any atom is 0.157 e. The molecule has 1 fully saturated rings. The maximum atomic E-state index is 5.83. The maximum absolute atomic E-state index is 5.83. The molecule has 1 aliphatic heterocycles. The van der Waals surface area contributed by atoms with Gasteiger partial charge in [-0.15, -0.1) is 10.6 Å². The van der Waals surface area contributed by atoms with Crippen LogP contribution in [0.15, 0.2) is 133 Å². The van der Waals surface area contributed by atoms with Gasteiger partial charge in [-0.05, 0) is 60.2 Å². The quantitative estimate of drug-likeness (QED) is 0.0689. The molecular formula is C42H47O2P2-. The van der Waals surface area contributed by atoms with E-state index in [4.69, 9.17) is 9.47 Å². The second kappa shape index (κ2) is 16.2. The van der Waals surface area contributed by atoms with Crippen molar-refractivity contribution in [3.8, 4) is 0 Å². The van der Waals surface area contributed by atoms with E-state index in [9.17, 15) is 0 Å². The van der Waals surface area contributed by atoms with Crippen LogP contribution in [0.5, 0.6) is 0 Å². The third kappa shape index (κ3) is 8.48. The normalized spacial score (nSPS) is 14.3. The van der Waals surface area contributed by atoms with Crippen LogP contribution in [0.4, 0.5) is 0 Å². The Kier molecular flexibility index (Phi) is 11.6. The average molecular weight is 646 g/mol. The van der Waals surface area contributed by atoms with Gasteiger partial charge in [0.25, 0.3) is 0 Å². The second-order valence-electron chi connectivity index (χ2n) is 13.0. The molecule has 0 saturated carbocycles. The fraction of sp³-hybridized carbons (Fsp3) is 0.310. The van der Waals surface area contributed by atoms with Crippen LogP contribution < -0.4 is 31.8 Å². The lowest BCUT2D eigenvalue weighted by atomic mass is 9.82. The van der Waals surface area contributed by atoms with Gasteiger partial charge in [-0.3, -0.25) is 0 Å². The summed E-state index contributed by atoms with van der Waals surface area (Å²) in [5, 5.41) is 8.73. The van der Waals surface area contributed by atoms with E-state index in [1.54, 1.807) is 5.30 Å². The summed E-state index contributed by atoms with van der Waals surface area (Å²) >= 11 is 0. The van der Waals surface area contributed by atoms with E-state index in [2.05, 4.69) is 147 Å². The molecule has 0 unspecified atom stereocenters. The van der Waals surface area contributed by atoms with E-state index in [0.717, 1.165) is 38.9 Å². The molecule has 5 aromatic carbocycles. The van der Waals surface area contributed by atoms with Crippen LogP contribution in [-0.2, 0) is 15.9 Å². The summed E-state index contributed by atoms with van der Waals surface area (Å²) in [7, 11) is -1.45. The Balaban J connectivity index is 1.33. The molecule has 0 atom stereocenters. The van der Waals surface area contributed by atoms with Crippen molar-refractivity contribution in [2.75, 3.05) is 13.2 Å². The van der Waals surface area contributed by atoms with E-state index in [-0.39, 0.29) is 11.7 Å². The van der Waals surface area contributed by atoms with Crippen molar-refractivity contribution in [2.45, 2.75) is 65.1 Å². The van der Waals surface area contributed by atoms with E-state index in [1.807, 2.05) is 0 Å². The molecule has 2 nitrogen and oxygen atoms in total. The van der Waals surface area contributed by atoms with Gasteiger partial charge in [0.05, 0.1) is 13.2 Å². The molecule has 4 heteroatoms. The second-order valence-corrected chi connectivity index (χ2v) is 17.4. The highest BCUT2D eigenvalue weighted by Gasteiger charge is 2.24. The molecule has 0 amide bonds. The van der Waals surface area contributed by atoms with Gasteiger partial charge >= 0.3 is 0 Å². The Bertz CT molecular complexity index is 1510. The molecule has 5 aromatic rings. The van der Waals surface area contributed by atoms with Crippen molar-refractivity contribution >= 4 is 47.7 Å². The first-order chi connectivity index (χ1) is 22.6. The lowest BCUT2D eigenvalue weighted by molar-refractivity contribution is -0.184. The van der Waals surface area contributed by atoms with Crippen molar-refractivity contribution in [3.63, 3.8) is 0 Å². The van der Waals surface area contributed by atoms with Crippen molar-refractivity contribution in [1.82, 2.24) is 0 Å². The van der Waals surface area contributed by atoms with Crippen molar-refractivity contribution in [2.24, 2.45) is 5.41 Å². The molecule has 46 heavy (non-hydrogen) atoms. The predicted octanol–water partition coefficient (Wildman–Crippen LogP) is 8.20. The molecule has 6 rings (SSSR count). The Hall–Kier alpha value is -2.99. The summed E-state index contributed by atoms with van der Waals surface area (Å²) in [4.78, 5) is 0. The number of hydrogen-bond donors (Lipinski definition) is 0. The van der Waals surface area contributed by atoms with Crippen LogP contribution in [0.3, 0.4) is 0 Å². The number of unbranched alkanes of at least 4 members (excludes halogenated alkanes) is 1. The van der Waals surface area contributed by atoms with E-state index in [1.165, 1.54) is 51.3 Å². The first-order valence-electron chi connectivity index (χ1n) is 16.9. The molecule has 0 aliphatic carbocycles. The van der Waals surface area contributed by atoms with Crippen LogP contribution in [-0.4, -0.2) is 19.5 Å². The molecule has 0 N–H and O–H groups in total. The summed E-state index contributed by atoms with van der Waals surface area (Å²) in [5.74, 6) is 0. The molecule has 238 valence electrons. The zero-order valence-electron chi connectivity index (χ0n) is 27.4. The number of benzene rings is 4. The fourth-order valence-electron chi connectivity index (χ4n) is 6.54. The first-order valence-corrected chi connectivity index (χ1v) is 19.6. The minimum Gasteiger partial charge on any atom is -0.353 e. The largest absolute Gasteiger partial charge is 0.353 e.